The molecule has 0 spiro atoms. The number of nitrogens with zero attached hydrogens (tertiary/aromatic N) is 1. The number of alkyl carbamates (subject to hydrolysis) is 1. The molecule has 0 bridgehead atoms. The monoisotopic (exact) mass is 495 g/mol. The number of hydrogen-bond donors (Lipinski definition) is 2. The lowest BCUT2D eigenvalue weighted by molar-refractivity contribution is -0.146. The minimum Gasteiger partial charge on any atom is -0.464 e. The zero-order valence-electron chi connectivity index (χ0n) is 20.8. The van der Waals surface area contributed by atoms with Crippen LogP contribution in [0.2, 0.25) is 0 Å². The van der Waals surface area contributed by atoms with E-state index in [2.05, 4.69) is 10.6 Å². The highest BCUT2D eigenvalue weighted by atomic mass is 16.6. The van der Waals surface area contributed by atoms with E-state index in [0.29, 0.717) is 0 Å². The largest absolute Gasteiger partial charge is 0.464 e. The Bertz CT molecular complexity index is 1180. The van der Waals surface area contributed by atoms with E-state index in [4.69, 9.17) is 14.2 Å². The molecule has 0 saturated carbocycles. The first-order valence-electron chi connectivity index (χ1n) is 11.1. The van der Waals surface area contributed by atoms with Crippen LogP contribution in [0.15, 0.2) is 72.1 Å². The Morgan fingerprint density at radius 3 is 2.17 bits per heavy atom. The standard InChI is InChI=1S/C26H29N3O7/c1-25(2,28-24(33)35-16-17-12-8-6-9-13-17)26(3)27-19(23(32)34-5)20(21(30)29(26)4)36-22(31)18-14-10-7-11-15-18/h6-15,27H,16H2,1-5H3,(H,28,33). The van der Waals surface area contributed by atoms with Gasteiger partial charge in [0.1, 0.15) is 12.3 Å². The van der Waals surface area contributed by atoms with Crippen LogP contribution in [0.5, 0.6) is 0 Å². The summed E-state index contributed by atoms with van der Waals surface area (Å²) in [4.78, 5) is 52.5. The van der Waals surface area contributed by atoms with Gasteiger partial charge in [-0.25, -0.2) is 14.4 Å². The van der Waals surface area contributed by atoms with E-state index in [0.717, 1.165) is 12.7 Å². The number of benzene rings is 2. The highest BCUT2D eigenvalue weighted by Crippen LogP contribution is 2.33. The normalized spacial score (nSPS) is 17.7. The number of ether oxygens (including phenoxy) is 3. The third-order valence-corrected chi connectivity index (χ3v) is 6.20. The Hall–Kier alpha value is -4.34. The molecule has 10 nitrogen and oxygen atoms in total. The van der Waals surface area contributed by atoms with E-state index in [9.17, 15) is 19.2 Å². The molecular formula is C26H29N3O7. The molecule has 36 heavy (non-hydrogen) atoms. The van der Waals surface area contributed by atoms with E-state index < -0.39 is 40.9 Å². The van der Waals surface area contributed by atoms with E-state index in [1.54, 1.807) is 39.0 Å². The summed E-state index contributed by atoms with van der Waals surface area (Å²) in [6.07, 6.45) is -0.724. The van der Waals surface area contributed by atoms with Crippen LogP contribution in [-0.4, -0.2) is 54.2 Å². The van der Waals surface area contributed by atoms with Crippen LogP contribution in [0.3, 0.4) is 0 Å². The lowest BCUT2D eigenvalue weighted by Crippen LogP contribution is -2.75. The van der Waals surface area contributed by atoms with Crippen molar-refractivity contribution in [3.63, 3.8) is 0 Å². The molecule has 2 aromatic carbocycles. The van der Waals surface area contributed by atoms with Gasteiger partial charge in [0.25, 0.3) is 5.91 Å². The fourth-order valence-electron chi connectivity index (χ4n) is 3.62. The fraction of sp³-hybridized carbons (Fsp3) is 0.308. The molecule has 1 heterocycles. The van der Waals surface area contributed by atoms with E-state index >= 15 is 0 Å². The topological polar surface area (TPSA) is 123 Å². The molecule has 1 atom stereocenters. The molecule has 0 radical (unpaired) electrons. The zero-order valence-corrected chi connectivity index (χ0v) is 20.8. The highest BCUT2D eigenvalue weighted by molar-refractivity contribution is 6.05. The van der Waals surface area contributed by atoms with Crippen LogP contribution >= 0.6 is 0 Å². The van der Waals surface area contributed by atoms with Crippen molar-refractivity contribution in [2.24, 2.45) is 0 Å². The predicted octanol–water partition coefficient (Wildman–Crippen LogP) is 2.71. The Balaban J connectivity index is 1.86. The molecule has 0 aromatic heterocycles. The van der Waals surface area contributed by atoms with Gasteiger partial charge in [-0.3, -0.25) is 4.79 Å². The van der Waals surface area contributed by atoms with E-state index in [1.807, 2.05) is 30.3 Å². The number of carbonyl (C=O) groups is 4. The molecule has 0 saturated heterocycles. The molecule has 2 N–H and O–H groups in total. The van der Waals surface area contributed by atoms with Crippen LogP contribution in [0, 0.1) is 0 Å². The number of esters is 2. The summed E-state index contributed by atoms with van der Waals surface area (Å²) in [5, 5.41) is 5.70. The first-order valence-corrected chi connectivity index (χ1v) is 11.1. The first-order chi connectivity index (χ1) is 17.0. The number of rotatable bonds is 7. The molecule has 1 unspecified atom stereocenters. The molecule has 3 rings (SSSR count). The van der Waals surface area contributed by atoms with Crippen molar-refractivity contribution in [1.82, 2.24) is 15.5 Å². The SMILES string of the molecule is COC(=O)C1=C(OC(=O)c2ccccc2)C(=O)N(C)C(C)(C(C)(C)NC(=O)OCc2ccccc2)N1. The third kappa shape index (κ3) is 5.32. The maximum atomic E-state index is 13.4. The molecule has 0 aliphatic carbocycles. The predicted molar refractivity (Wildman–Crippen MR) is 129 cm³/mol. The lowest BCUT2D eigenvalue weighted by Gasteiger charge is -2.52. The summed E-state index contributed by atoms with van der Waals surface area (Å²) in [6, 6.07) is 17.2. The van der Waals surface area contributed by atoms with Crippen molar-refractivity contribution in [1.29, 1.82) is 0 Å². The molecular weight excluding hydrogens is 466 g/mol. The van der Waals surface area contributed by atoms with Crippen molar-refractivity contribution in [3.05, 3.63) is 83.2 Å². The summed E-state index contributed by atoms with van der Waals surface area (Å²) in [5.41, 5.74) is -1.89. The van der Waals surface area contributed by atoms with E-state index in [1.165, 1.54) is 24.1 Å². The molecule has 2 amide bonds. The van der Waals surface area contributed by atoms with Gasteiger partial charge in [-0.15, -0.1) is 0 Å². The quantitative estimate of drug-likeness (QED) is 0.444. The number of nitrogens with one attached hydrogen (secondary N) is 2. The molecule has 10 heteroatoms. The van der Waals surface area contributed by atoms with Gasteiger partial charge in [0.2, 0.25) is 5.76 Å². The number of carbonyl (C=O) groups excluding carboxylic acids is 4. The number of methoxy groups -OCH3 is 1. The van der Waals surface area contributed by atoms with Gasteiger partial charge in [-0.2, -0.15) is 0 Å². The van der Waals surface area contributed by atoms with Gasteiger partial charge < -0.3 is 29.7 Å². The molecule has 1 aliphatic heterocycles. The molecule has 1 aliphatic rings. The Morgan fingerprint density at radius 1 is 1.00 bits per heavy atom. The second-order valence-electron chi connectivity index (χ2n) is 8.82. The first kappa shape index (κ1) is 26.3. The van der Waals surface area contributed by atoms with Gasteiger partial charge in [0.15, 0.2) is 5.70 Å². The summed E-state index contributed by atoms with van der Waals surface area (Å²) >= 11 is 0. The maximum absolute atomic E-state index is 13.4. The van der Waals surface area contributed by atoms with Gasteiger partial charge >= 0.3 is 18.0 Å². The van der Waals surface area contributed by atoms with Crippen LogP contribution < -0.4 is 10.6 Å². The summed E-state index contributed by atoms with van der Waals surface area (Å²) < 4.78 is 15.5. The Morgan fingerprint density at radius 2 is 1.58 bits per heavy atom. The Labute approximate surface area is 209 Å². The Kier molecular flexibility index (Phi) is 7.67. The highest BCUT2D eigenvalue weighted by Gasteiger charge is 2.53. The van der Waals surface area contributed by atoms with Crippen molar-refractivity contribution in [2.45, 2.75) is 38.6 Å². The fourth-order valence-corrected chi connectivity index (χ4v) is 3.62. The maximum Gasteiger partial charge on any atom is 0.408 e. The smallest absolute Gasteiger partial charge is 0.408 e. The lowest BCUT2D eigenvalue weighted by atomic mass is 9.85. The second-order valence-corrected chi connectivity index (χ2v) is 8.82. The van der Waals surface area contributed by atoms with Gasteiger partial charge in [-0.1, -0.05) is 48.5 Å². The average Bonchev–Trinajstić information content (AvgIpc) is 2.87. The minimum atomic E-state index is -1.36. The minimum absolute atomic E-state index is 0.0502. The second kappa shape index (κ2) is 10.5. The molecule has 0 fully saturated rings. The van der Waals surface area contributed by atoms with Crippen LogP contribution in [-0.2, 0) is 30.4 Å². The molecule has 190 valence electrons. The van der Waals surface area contributed by atoms with Crippen LogP contribution in [0.1, 0.15) is 36.7 Å². The number of likely N-dealkylation sites (N-methyl/N-ethyl adjacent to an activating group) is 1. The third-order valence-electron chi connectivity index (χ3n) is 6.20. The van der Waals surface area contributed by atoms with Gasteiger partial charge in [0, 0.05) is 7.05 Å². The summed E-state index contributed by atoms with van der Waals surface area (Å²) in [6.45, 7) is 4.97. The summed E-state index contributed by atoms with van der Waals surface area (Å²) in [5.74, 6) is -3.01. The van der Waals surface area contributed by atoms with Gasteiger partial charge in [-0.05, 0) is 38.5 Å². The number of amides is 2. The van der Waals surface area contributed by atoms with Crippen LogP contribution in [0.25, 0.3) is 0 Å². The van der Waals surface area contributed by atoms with Crippen molar-refractivity contribution >= 4 is 23.9 Å². The van der Waals surface area contributed by atoms with Crippen molar-refractivity contribution < 1.29 is 33.4 Å². The van der Waals surface area contributed by atoms with E-state index in [-0.39, 0.29) is 17.9 Å². The van der Waals surface area contributed by atoms with Crippen molar-refractivity contribution in [3.8, 4) is 0 Å². The van der Waals surface area contributed by atoms with Crippen molar-refractivity contribution in [2.75, 3.05) is 14.2 Å². The number of hydrogen-bond acceptors (Lipinski definition) is 8. The van der Waals surface area contributed by atoms with Crippen LogP contribution in [0.4, 0.5) is 4.79 Å². The molecule has 2 aromatic rings. The zero-order chi connectivity index (χ0) is 26.5. The summed E-state index contributed by atoms with van der Waals surface area (Å²) in [7, 11) is 2.59. The average molecular weight is 496 g/mol. The van der Waals surface area contributed by atoms with Gasteiger partial charge in [0.05, 0.1) is 18.2 Å².